The largest absolute Gasteiger partial charge is 0.444 e. The third kappa shape index (κ3) is 8.51. The number of nitrogens with one attached hydrogen (secondary N) is 2. The number of carbonyl (C=O) groups is 1. The molecule has 2 fully saturated rings. The maximum Gasteiger partial charge on any atom is 0.407 e. The molecule has 2 atom stereocenters. The highest BCUT2D eigenvalue weighted by Crippen LogP contribution is 2.17. The fourth-order valence-electron chi connectivity index (χ4n) is 4.30. The van der Waals surface area contributed by atoms with E-state index in [0.717, 1.165) is 58.2 Å². The number of piperazine rings is 1. The van der Waals surface area contributed by atoms with E-state index in [0.29, 0.717) is 6.04 Å². The molecule has 0 saturated carbocycles. The summed E-state index contributed by atoms with van der Waals surface area (Å²) in [6, 6.07) is 11.1. The first-order valence-electron chi connectivity index (χ1n) is 11.7. The Morgan fingerprint density at radius 2 is 1.82 bits per heavy atom. The fourth-order valence-corrected chi connectivity index (χ4v) is 4.30. The number of hydrogen-bond donors (Lipinski definition) is 2. The van der Waals surface area contributed by atoms with Crippen LogP contribution in [0, 0.1) is 0 Å². The van der Waals surface area contributed by atoms with Crippen LogP contribution in [0.15, 0.2) is 35.3 Å². The van der Waals surface area contributed by atoms with Crippen LogP contribution in [-0.4, -0.2) is 92.4 Å². The number of likely N-dealkylation sites (tertiary alicyclic amines) is 1. The highest BCUT2D eigenvalue weighted by molar-refractivity contribution is 14.0. The van der Waals surface area contributed by atoms with Crippen molar-refractivity contribution >= 4 is 41.7 Å². The van der Waals surface area contributed by atoms with Gasteiger partial charge in [0.2, 0.25) is 0 Å². The minimum atomic E-state index is -0.483. The van der Waals surface area contributed by atoms with Crippen molar-refractivity contribution in [2.75, 3.05) is 57.8 Å². The number of ether oxygens (including phenoxy) is 1. The summed E-state index contributed by atoms with van der Waals surface area (Å²) in [5.41, 5.74) is 0.824. The van der Waals surface area contributed by atoms with Crippen molar-refractivity contribution in [3.8, 4) is 0 Å². The molecular weight excluding hydrogens is 531 g/mol. The molecule has 8 nitrogen and oxygen atoms in total. The van der Waals surface area contributed by atoms with Gasteiger partial charge in [-0.15, -0.1) is 24.0 Å². The third-order valence-electron chi connectivity index (χ3n) is 6.03. The van der Waals surface area contributed by atoms with Gasteiger partial charge in [-0.05, 0) is 46.2 Å². The molecule has 186 valence electrons. The summed E-state index contributed by atoms with van der Waals surface area (Å²) in [5, 5.41) is 6.52. The molecule has 0 radical (unpaired) electrons. The molecule has 2 heterocycles. The Hall–Kier alpha value is -1.75. The molecule has 2 N–H and O–H groups in total. The molecule has 2 saturated heterocycles. The van der Waals surface area contributed by atoms with Gasteiger partial charge in [-0.1, -0.05) is 18.2 Å². The lowest BCUT2D eigenvalue weighted by Crippen LogP contribution is -2.53. The van der Waals surface area contributed by atoms with Crippen LogP contribution in [-0.2, 0) is 4.74 Å². The number of aliphatic imine (C=N–C) groups is 1. The molecule has 9 heteroatoms. The van der Waals surface area contributed by atoms with Crippen molar-refractivity contribution in [3.63, 3.8) is 0 Å². The molecule has 1 amide bonds. The summed E-state index contributed by atoms with van der Waals surface area (Å²) in [7, 11) is 1.82. The predicted octanol–water partition coefficient (Wildman–Crippen LogP) is 2.99. The monoisotopic (exact) mass is 572 g/mol. The van der Waals surface area contributed by atoms with Crippen molar-refractivity contribution in [1.29, 1.82) is 0 Å². The van der Waals surface area contributed by atoms with Gasteiger partial charge < -0.3 is 25.2 Å². The molecule has 2 unspecified atom stereocenters. The summed E-state index contributed by atoms with van der Waals surface area (Å²) in [5.74, 6) is 0.897. The van der Waals surface area contributed by atoms with E-state index in [4.69, 9.17) is 4.74 Å². The van der Waals surface area contributed by atoms with Crippen LogP contribution in [0.2, 0.25) is 0 Å². The molecule has 0 aliphatic carbocycles. The summed E-state index contributed by atoms with van der Waals surface area (Å²) < 4.78 is 5.38. The van der Waals surface area contributed by atoms with Gasteiger partial charge in [0.1, 0.15) is 5.60 Å². The molecule has 1 aromatic rings. The van der Waals surface area contributed by atoms with Crippen LogP contribution in [0.4, 0.5) is 10.5 Å². The molecule has 2 aliphatic heterocycles. The predicted molar refractivity (Wildman–Crippen MR) is 146 cm³/mol. The van der Waals surface area contributed by atoms with Crippen LogP contribution in [0.3, 0.4) is 0 Å². The number of alkyl carbamates (subject to hydrolysis) is 1. The number of amides is 1. The number of benzene rings is 1. The Balaban J connectivity index is 0.00000385. The summed E-state index contributed by atoms with van der Waals surface area (Å²) in [4.78, 5) is 23.7. The zero-order valence-electron chi connectivity index (χ0n) is 20.7. The van der Waals surface area contributed by atoms with Crippen LogP contribution in [0.25, 0.3) is 0 Å². The first-order valence-corrected chi connectivity index (χ1v) is 11.7. The molecule has 3 rings (SSSR count). The van der Waals surface area contributed by atoms with Gasteiger partial charge in [-0.2, -0.15) is 0 Å². The van der Waals surface area contributed by atoms with Crippen molar-refractivity contribution in [2.45, 2.75) is 51.8 Å². The van der Waals surface area contributed by atoms with E-state index >= 15 is 0 Å². The standard InChI is InChI=1S/C24H40N6O2.HI/c1-19(28-13-15-29(16-14-28)21-9-7-6-8-10-21)17-26-22(25-5)30-12-11-20(18-30)27-23(31)32-24(2,3)4;/h6-10,19-20H,11-18H2,1-5H3,(H,25,26)(H,27,31);1H. The van der Waals surface area contributed by atoms with Gasteiger partial charge in [-0.25, -0.2) is 4.79 Å². The minimum Gasteiger partial charge on any atom is -0.444 e. The average molecular weight is 573 g/mol. The highest BCUT2D eigenvalue weighted by Gasteiger charge is 2.28. The first-order chi connectivity index (χ1) is 15.2. The Bertz CT molecular complexity index is 762. The number of hydrogen-bond acceptors (Lipinski definition) is 5. The maximum absolute atomic E-state index is 12.1. The van der Waals surface area contributed by atoms with Crippen LogP contribution < -0.4 is 15.5 Å². The molecule has 2 aliphatic rings. The molecule has 33 heavy (non-hydrogen) atoms. The van der Waals surface area contributed by atoms with E-state index in [1.54, 1.807) is 0 Å². The fraction of sp³-hybridized carbons (Fsp3) is 0.667. The van der Waals surface area contributed by atoms with Gasteiger partial charge in [-0.3, -0.25) is 9.89 Å². The van der Waals surface area contributed by atoms with Gasteiger partial charge >= 0.3 is 6.09 Å². The lowest BCUT2D eigenvalue weighted by Gasteiger charge is -2.39. The normalized spacial score (nSPS) is 20.8. The minimum absolute atomic E-state index is 0. The Kier molecular flexibility index (Phi) is 10.5. The van der Waals surface area contributed by atoms with Crippen molar-refractivity contribution in [1.82, 2.24) is 20.4 Å². The van der Waals surface area contributed by atoms with Gasteiger partial charge in [0.15, 0.2) is 5.96 Å². The van der Waals surface area contributed by atoms with Crippen LogP contribution in [0.5, 0.6) is 0 Å². The number of nitrogens with zero attached hydrogens (tertiary/aromatic N) is 4. The zero-order chi connectivity index (χ0) is 23.1. The van der Waals surface area contributed by atoms with E-state index < -0.39 is 5.60 Å². The zero-order valence-corrected chi connectivity index (χ0v) is 23.0. The summed E-state index contributed by atoms with van der Waals surface area (Å²) in [6.45, 7) is 14.6. The maximum atomic E-state index is 12.1. The highest BCUT2D eigenvalue weighted by atomic mass is 127. The Morgan fingerprint density at radius 3 is 2.42 bits per heavy atom. The number of carbonyl (C=O) groups excluding carboxylic acids is 1. The van der Waals surface area contributed by atoms with Crippen LogP contribution >= 0.6 is 24.0 Å². The third-order valence-corrected chi connectivity index (χ3v) is 6.03. The van der Waals surface area contributed by atoms with Gasteiger partial charge in [0, 0.05) is 64.6 Å². The van der Waals surface area contributed by atoms with Crippen molar-refractivity contribution < 1.29 is 9.53 Å². The smallest absolute Gasteiger partial charge is 0.407 e. The van der Waals surface area contributed by atoms with E-state index in [9.17, 15) is 4.79 Å². The van der Waals surface area contributed by atoms with Crippen molar-refractivity contribution in [3.05, 3.63) is 30.3 Å². The molecule has 0 aromatic heterocycles. The number of rotatable bonds is 5. The first kappa shape index (κ1) is 27.5. The Morgan fingerprint density at radius 1 is 1.15 bits per heavy atom. The number of halogens is 1. The molecule has 0 bridgehead atoms. The van der Waals surface area contributed by atoms with E-state index in [1.807, 2.05) is 27.8 Å². The SMILES string of the molecule is CN=C(NCC(C)N1CCN(c2ccccc2)CC1)N1CCC(NC(=O)OC(C)(C)C)C1.I. The van der Waals surface area contributed by atoms with E-state index in [-0.39, 0.29) is 36.1 Å². The lowest BCUT2D eigenvalue weighted by atomic mass is 10.2. The topological polar surface area (TPSA) is 72.4 Å². The number of para-hydroxylation sites is 1. The molecule has 1 aromatic carbocycles. The Labute approximate surface area is 216 Å². The average Bonchev–Trinajstić information content (AvgIpc) is 3.21. The van der Waals surface area contributed by atoms with Crippen LogP contribution in [0.1, 0.15) is 34.1 Å². The second-order valence-corrected chi connectivity index (χ2v) is 9.71. The number of guanidine groups is 1. The van der Waals surface area contributed by atoms with E-state index in [1.165, 1.54) is 5.69 Å². The summed E-state index contributed by atoms with van der Waals surface area (Å²) in [6.07, 6.45) is 0.535. The van der Waals surface area contributed by atoms with Crippen molar-refractivity contribution in [2.24, 2.45) is 4.99 Å². The molecular formula is C24H41IN6O2. The second kappa shape index (κ2) is 12.6. The number of anilines is 1. The quantitative estimate of drug-likeness (QED) is 0.321. The summed E-state index contributed by atoms with van der Waals surface area (Å²) >= 11 is 0. The van der Waals surface area contributed by atoms with E-state index in [2.05, 4.69) is 67.6 Å². The second-order valence-electron chi connectivity index (χ2n) is 9.71. The van der Waals surface area contributed by atoms with Gasteiger partial charge in [0.05, 0.1) is 6.04 Å². The lowest BCUT2D eigenvalue weighted by molar-refractivity contribution is 0.0507. The van der Waals surface area contributed by atoms with Gasteiger partial charge in [0.25, 0.3) is 0 Å². The molecule has 0 spiro atoms.